The molecule has 0 radical (unpaired) electrons. The molecule has 0 saturated heterocycles. The number of nitrogens with zero attached hydrogens (tertiary/aromatic N) is 4. The van der Waals surface area contributed by atoms with E-state index in [2.05, 4.69) is 20.2 Å². The van der Waals surface area contributed by atoms with Gasteiger partial charge in [0.15, 0.2) is 0 Å². The summed E-state index contributed by atoms with van der Waals surface area (Å²) in [6.45, 7) is 0. The third-order valence-corrected chi connectivity index (χ3v) is 2.25. The molecule has 0 fully saturated rings. The molecule has 2 rings (SSSR count). The van der Waals surface area contributed by atoms with Crippen molar-refractivity contribution in [3.05, 3.63) is 34.1 Å². The number of nitrogens with one attached hydrogen (secondary N) is 1. The molecule has 9 heteroatoms. The molecular formula is C10H9N5O4. The van der Waals surface area contributed by atoms with E-state index in [-0.39, 0.29) is 17.3 Å². The predicted molar refractivity (Wildman–Crippen MR) is 64.9 cm³/mol. The highest BCUT2D eigenvalue weighted by molar-refractivity contribution is 5.87. The first kappa shape index (κ1) is 12.5. The van der Waals surface area contributed by atoms with Crippen LogP contribution >= 0.6 is 0 Å². The van der Waals surface area contributed by atoms with E-state index in [1.54, 1.807) is 0 Å². The maximum Gasteiger partial charge on any atom is 0.315 e. The lowest BCUT2D eigenvalue weighted by Crippen LogP contribution is -1.94. The number of methoxy groups -OCH3 is 1. The minimum absolute atomic E-state index is 0.141. The molecule has 9 nitrogen and oxygen atoms in total. The number of H-pyrrole nitrogens is 1. The van der Waals surface area contributed by atoms with E-state index in [4.69, 9.17) is 4.74 Å². The van der Waals surface area contributed by atoms with Gasteiger partial charge in [0.2, 0.25) is 11.7 Å². The molecule has 2 N–H and O–H groups in total. The van der Waals surface area contributed by atoms with Gasteiger partial charge in [-0.1, -0.05) is 0 Å². The summed E-state index contributed by atoms with van der Waals surface area (Å²) in [5.74, 6) is -0.0394. The second kappa shape index (κ2) is 5.12. The number of phenolic OH excluding ortho intramolecular Hbond substituents is 1. The number of nitro benzene ring substituents is 1. The number of nitro groups is 1. The van der Waals surface area contributed by atoms with Crippen molar-refractivity contribution in [1.82, 2.24) is 15.2 Å². The zero-order chi connectivity index (χ0) is 13.8. The van der Waals surface area contributed by atoms with Crippen molar-refractivity contribution in [1.29, 1.82) is 0 Å². The Morgan fingerprint density at radius 3 is 2.95 bits per heavy atom. The maximum absolute atomic E-state index is 10.8. The van der Waals surface area contributed by atoms with Gasteiger partial charge in [0.25, 0.3) is 0 Å². The fourth-order valence-electron chi connectivity index (χ4n) is 1.36. The summed E-state index contributed by atoms with van der Waals surface area (Å²) in [7, 11) is 1.37. The van der Waals surface area contributed by atoms with Crippen LogP contribution in [0.1, 0.15) is 5.56 Å². The number of aromatic hydroxyl groups is 1. The molecule has 2 aromatic rings. The number of ether oxygens (including phenoxy) is 1. The van der Waals surface area contributed by atoms with Gasteiger partial charge in [-0.15, -0.1) is 0 Å². The molecule has 0 spiro atoms. The van der Waals surface area contributed by atoms with Gasteiger partial charge in [0, 0.05) is 11.8 Å². The lowest BCUT2D eigenvalue weighted by molar-refractivity contribution is -0.385. The number of benzene rings is 1. The quantitative estimate of drug-likeness (QED) is 0.484. The van der Waals surface area contributed by atoms with Gasteiger partial charge in [-0.2, -0.15) is 10.1 Å². The normalized spacial score (nSPS) is 10.8. The Morgan fingerprint density at radius 2 is 2.37 bits per heavy atom. The van der Waals surface area contributed by atoms with Gasteiger partial charge in [-0.25, -0.2) is 10.1 Å². The van der Waals surface area contributed by atoms with Crippen LogP contribution < -0.4 is 4.74 Å². The van der Waals surface area contributed by atoms with E-state index in [1.807, 2.05) is 0 Å². The van der Waals surface area contributed by atoms with Crippen molar-refractivity contribution >= 4 is 17.9 Å². The van der Waals surface area contributed by atoms with Crippen molar-refractivity contribution in [2.75, 3.05) is 7.11 Å². The molecule has 1 heterocycles. The Kier molecular flexibility index (Phi) is 3.37. The van der Waals surface area contributed by atoms with E-state index >= 15 is 0 Å². The highest BCUT2D eigenvalue weighted by Crippen LogP contribution is 2.33. The van der Waals surface area contributed by atoms with Gasteiger partial charge < -0.3 is 9.84 Å². The fraction of sp³-hybridized carbons (Fsp3) is 0.100. The maximum atomic E-state index is 10.8. The Morgan fingerprint density at radius 1 is 1.58 bits per heavy atom. The summed E-state index contributed by atoms with van der Waals surface area (Å²) in [6.07, 6.45) is 2.49. The Hall–Kier alpha value is -2.97. The average Bonchev–Trinajstić information content (AvgIpc) is 2.90. The van der Waals surface area contributed by atoms with Gasteiger partial charge in [-0.05, 0) is 6.07 Å². The van der Waals surface area contributed by atoms with Crippen LogP contribution in [-0.4, -0.2) is 38.5 Å². The van der Waals surface area contributed by atoms with Gasteiger partial charge in [0.05, 0.1) is 18.1 Å². The zero-order valence-electron chi connectivity index (χ0n) is 9.77. The number of hydrogen-bond acceptors (Lipinski definition) is 7. The zero-order valence-corrected chi connectivity index (χ0v) is 9.77. The molecule has 0 atom stereocenters. The first-order chi connectivity index (χ1) is 9.11. The van der Waals surface area contributed by atoms with Crippen LogP contribution in [0.5, 0.6) is 11.5 Å². The summed E-state index contributed by atoms with van der Waals surface area (Å²) < 4.78 is 4.92. The lowest BCUT2D eigenvalue weighted by atomic mass is 10.1. The number of aromatic amines is 1. The smallest absolute Gasteiger partial charge is 0.315 e. The van der Waals surface area contributed by atoms with Crippen LogP contribution in [0.3, 0.4) is 0 Å². The number of hydrogen-bond donors (Lipinski definition) is 2. The fourth-order valence-corrected chi connectivity index (χ4v) is 1.36. The molecule has 0 bridgehead atoms. The molecule has 19 heavy (non-hydrogen) atoms. The lowest BCUT2D eigenvalue weighted by Gasteiger charge is -2.04. The van der Waals surface area contributed by atoms with E-state index in [1.165, 1.54) is 25.7 Å². The molecule has 98 valence electrons. The molecular weight excluding hydrogens is 254 g/mol. The van der Waals surface area contributed by atoms with E-state index in [9.17, 15) is 15.2 Å². The van der Waals surface area contributed by atoms with E-state index in [0.717, 1.165) is 6.07 Å². The van der Waals surface area contributed by atoms with Gasteiger partial charge >= 0.3 is 5.69 Å². The SMILES string of the molecule is COc1cc(C=Nc2ncn[nH]2)c(O)c([N+](=O)[O-])c1. The molecule has 0 aliphatic carbocycles. The molecule has 0 saturated carbocycles. The summed E-state index contributed by atoms with van der Waals surface area (Å²) in [4.78, 5) is 17.7. The van der Waals surface area contributed by atoms with Crippen molar-refractivity contribution < 1.29 is 14.8 Å². The third kappa shape index (κ3) is 2.65. The highest BCUT2D eigenvalue weighted by Gasteiger charge is 2.18. The average molecular weight is 263 g/mol. The predicted octanol–water partition coefficient (Wildman–Crippen LogP) is 1.18. The molecule has 1 aromatic carbocycles. The van der Waals surface area contributed by atoms with Crippen molar-refractivity contribution in [2.45, 2.75) is 0 Å². The summed E-state index contributed by atoms with van der Waals surface area (Å²) in [5, 5.41) is 26.6. The van der Waals surface area contributed by atoms with Crippen molar-refractivity contribution in [3.8, 4) is 11.5 Å². The number of rotatable bonds is 4. The molecule has 0 unspecified atom stereocenters. The topological polar surface area (TPSA) is 127 Å². The largest absolute Gasteiger partial charge is 0.502 e. The summed E-state index contributed by atoms with van der Waals surface area (Å²) >= 11 is 0. The number of aliphatic imine (C=N–C) groups is 1. The molecule has 0 amide bonds. The van der Waals surface area contributed by atoms with Crippen LogP contribution in [0, 0.1) is 10.1 Å². The first-order valence-corrected chi connectivity index (χ1v) is 5.06. The highest BCUT2D eigenvalue weighted by atomic mass is 16.6. The summed E-state index contributed by atoms with van der Waals surface area (Å²) in [6, 6.07) is 2.54. The van der Waals surface area contributed by atoms with Crippen molar-refractivity contribution in [3.63, 3.8) is 0 Å². The van der Waals surface area contributed by atoms with E-state index in [0.29, 0.717) is 0 Å². The number of aromatic nitrogens is 3. The third-order valence-electron chi connectivity index (χ3n) is 2.25. The Bertz CT molecular complexity index is 623. The monoisotopic (exact) mass is 263 g/mol. The second-order valence-electron chi connectivity index (χ2n) is 3.41. The van der Waals surface area contributed by atoms with Crippen LogP contribution in [-0.2, 0) is 0 Å². The van der Waals surface area contributed by atoms with Crippen LogP contribution in [0.2, 0.25) is 0 Å². The standard InChI is InChI=1S/C10H9N5O4/c1-19-7-2-6(4-11-10-12-5-13-14-10)9(16)8(3-7)15(17)18/h2-5,16H,1H3,(H,12,13,14). The molecule has 0 aliphatic rings. The molecule has 1 aromatic heterocycles. The van der Waals surface area contributed by atoms with Gasteiger partial charge in [-0.3, -0.25) is 10.1 Å². The van der Waals surface area contributed by atoms with Gasteiger partial charge in [0.1, 0.15) is 12.1 Å². The van der Waals surface area contributed by atoms with Crippen LogP contribution in [0.25, 0.3) is 0 Å². The van der Waals surface area contributed by atoms with E-state index < -0.39 is 16.4 Å². The Balaban J connectivity index is 2.44. The van der Waals surface area contributed by atoms with Crippen molar-refractivity contribution in [2.24, 2.45) is 4.99 Å². The first-order valence-electron chi connectivity index (χ1n) is 5.06. The number of phenols is 1. The minimum atomic E-state index is -0.705. The minimum Gasteiger partial charge on any atom is -0.502 e. The second-order valence-corrected chi connectivity index (χ2v) is 3.41. The summed E-state index contributed by atoms with van der Waals surface area (Å²) in [5.41, 5.74) is -0.319. The molecule has 0 aliphatic heterocycles. The Labute approximate surface area is 106 Å². The van der Waals surface area contributed by atoms with Crippen LogP contribution in [0.4, 0.5) is 11.6 Å². The van der Waals surface area contributed by atoms with Crippen LogP contribution in [0.15, 0.2) is 23.5 Å².